The molecule has 6 N–H and O–H groups in total. The number of nitrogens with zero attached hydrogens (tertiary/aromatic N) is 1. The highest BCUT2D eigenvalue weighted by Crippen LogP contribution is 2.38. The molecule has 0 spiro atoms. The van der Waals surface area contributed by atoms with E-state index in [4.69, 9.17) is 5.11 Å². The molecule has 0 aliphatic heterocycles. The van der Waals surface area contributed by atoms with Crippen LogP contribution < -0.4 is 10.2 Å². The van der Waals surface area contributed by atoms with Crippen LogP contribution in [-0.4, -0.2) is 76.4 Å². The largest absolute Gasteiger partial charge is 0.395 e. The third-order valence-electron chi connectivity index (χ3n) is 3.51. The predicted molar refractivity (Wildman–Crippen MR) is 122 cm³/mol. The molecule has 0 radical (unpaired) electrons. The summed E-state index contributed by atoms with van der Waals surface area (Å²) in [5.74, 6) is -1.21. The minimum absolute atomic E-state index is 0.0961. The predicted octanol–water partition coefficient (Wildman–Crippen LogP) is -0.607. The number of hydrogen-bond donors (Lipinski definition) is 6. The third-order valence-corrected chi connectivity index (χ3v) is 6.91. The van der Waals surface area contributed by atoms with Gasteiger partial charge in [0.2, 0.25) is 0 Å². The molecule has 0 bridgehead atoms. The standard InChI is InChI=1S/C15H19I3N2O7/c16-11-8(5-23)12(17)14(20(1-2-21)9(26)6-24)13(18)10(11)15(27)19-3-7(25)4-22/h7,21-25H,1-6H2,(H,19,27). The van der Waals surface area contributed by atoms with E-state index >= 15 is 0 Å². The molecule has 1 atom stereocenters. The maximum atomic E-state index is 12.7. The lowest BCUT2D eigenvalue weighted by Crippen LogP contribution is -2.38. The molecular formula is C15H19I3N2O7. The number of hydrogen-bond acceptors (Lipinski definition) is 7. The van der Waals surface area contributed by atoms with E-state index in [2.05, 4.69) is 5.32 Å². The van der Waals surface area contributed by atoms with Crippen LogP contribution in [0.4, 0.5) is 5.69 Å². The Morgan fingerprint density at radius 1 is 1.04 bits per heavy atom. The highest BCUT2D eigenvalue weighted by Gasteiger charge is 2.29. The van der Waals surface area contributed by atoms with Gasteiger partial charge in [-0.25, -0.2) is 0 Å². The van der Waals surface area contributed by atoms with Crippen LogP contribution in [0.1, 0.15) is 15.9 Å². The molecule has 0 aliphatic carbocycles. The van der Waals surface area contributed by atoms with E-state index in [-0.39, 0.29) is 31.9 Å². The summed E-state index contributed by atoms with van der Waals surface area (Å²) in [6, 6.07) is 0. The van der Waals surface area contributed by atoms with Crippen molar-refractivity contribution in [3.63, 3.8) is 0 Å². The molecule has 27 heavy (non-hydrogen) atoms. The smallest absolute Gasteiger partial charge is 0.253 e. The van der Waals surface area contributed by atoms with Crippen molar-refractivity contribution < 1.29 is 35.1 Å². The second-order valence-electron chi connectivity index (χ2n) is 5.28. The number of nitrogens with one attached hydrogen (secondary N) is 1. The second-order valence-corrected chi connectivity index (χ2v) is 8.51. The Morgan fingerprint density at radius 2 is 1.67 bits per heavy atom. The molecule has 12 heteroatoms. The lowest BCUT2D eigenvalue weighted by Gasteiger charge is -2.27. The molecule has 0 heterocycles. The zero-order chi connectivity index (χ0) is 20.7. The van der Waals surface area contributed by atoms with Crippen LogP contribution in [0.2, 0.25) is 0 Å². The third kappa shape index (κ3) is 6.06. The summed E-state index contributed by atoms with van der Waals surface area (Å²) in [6.45, 7) is -2.31. The Bertz CT molecular complexity index is 703. The number of benzene rings is 1. The molecule has 1 aromatic carbocycles. The van der Waals surface area contributed by atoms with Gasteiger partial charge in [-0.3, -0.25) is 9.59 Å². The van der Waals surface area contributed by atoms with Crippen molar-refractivity contribution in [2.75, 3.05) is 37.8 Å². The van der Waals surface area contributed by atoms with Gasteiger partial charge in [0.15, 0.2) is 0 Å². The molecule has 9 nitrogen and oxygen atoms in total. The molecule has 0 saturated heterocycles. The van der Waals surface area contributed by atoms with Gasteiger partial charge in [-0.15, -0.1) is 0 Å². The van der Waals surface area contributed by atoms with Gasteiger partial charge in [0.1, 0.15) is 6.61 Å². The molecular weight excluding hydrogens is 701 g/mol. The van der Waals surface area contributed by atoms with E-state index in [1.807, 2.05) is 67.8 Å². The Morgan fingerprint density at radius 3 is 2.15 bits per heavy atom. The van der Waals surface area contributed by atoms with Crippen molar-refractivity contribution in [2.45, 2.75) is 12.7 Å². The summed E-state index contributed by atoms with van der Waals surface area (Å²) in [7, 11) is 0. The van der Waals surface area contributed by atoms with Gasteiger partial charge in [0.05, 0.1) is 40.7 Å². The van der Waals surface area contributed by atoms with Crippen molar-refractivity contribution in [1.82, 2.24) is 5.32 Å². The lowest BCUT2D eigenvalue weighted by atomic mass is 10.1. The van der Waals surface area contributed by atoms with E-state index in [1.165, 1.54) is 0 Å². The minimum Gasteiger partial charge on any atom is -0.395 e. The van der Waals surface area contributed by atoms with Crippen LogP contribution in [0.15, 0.2) is 0 Å². The number of halogens is 3. The Labute approximate surface area is 196 Å². The average Bonchev–Trinajstić information content (AvgIpc) is 2.64. The molecule has 152 valence electrons. The van der Waals surface area contributed by atoms with Gasteiger partial charge < -0.3 is 35.7 Å². The van der Waals surface area contributed by atoms with E-state index in [0.717, 1.165) is 4.90 Å². The van der Waals surface area contributed by atoms with Crippen molar-refractivity contribution in [3.8, 4) is 0 Å². The lowest BCUT2D eigenvalue weighted by molar-refractivity contribution is -0.121. The Balaban J connectivity index is 3.56. The number of aliphatic hydroxyl groups is 5. The van der Waals surface area contributed by atoms with Crippen LogP contribution >= 0.6 is 67.8 Å². The fourth-order valence-electron chi connectivity index (χ4n) is 2.19. The number of carbonyl (C=O) groups is 2. The second kappa shape index (κ2) is 12.0. The highest BCUT2D eigenvalue weighted by molar-refractivity contribution is 14.1. The maximum Gasteiger partial charge on any atom is 0.253 e. The SMILES string of the molecule is O=C(NCC(O)CO)c1c(I)c(CO)c(I)c(N(CCO)C(=O)CO)c1I. The van der Waals surface area contributed by atoms with Crippen molar-refractivity contribution in [3.05, 3.63) is 21.8 Å². The zero-order valence-corrected chi connectivity index (χ0v) is 20.4. The Hall–Kier alpha value is 0.150. The number of aliphatic hydroxyl groups excluding tert-OH is 5. The normalized spacial score (nSPS) is 12.0. The molecule has 0 aromatic heterocycles. The molecule has 1 aromatic rings. The van der Waals surface area contributed by atoms with Gasteiger partial charge in [-0.2, -0.15) is 0 Å². The topological polar surface area (TPSA) is 151 Å². The van der Waals surface area contributed by atoms with E-state index in [1.54, 1.807) is 0 Å². The first-order valence-electron chi connectivity index (χ1n) is 7.64. The molecule has 0 saturated carbocycles. The Kier molecular flexibility index (Phi) is 11.2. The number of carbonyl (C=O) groups excluding carboxylic acids is 2. The number of amides is 2. The summed E-state index contributed by atoms with van der Waals surface area (Å²) in [5, 5.41) is 49.1. The quantitative estimate of drug-likeness (QED) is 0.187. The van der Waals surface area contributed by atoms with Crippen LogP contribution in [0.5, 0.6) is 0 Å². The van der Waals surface area contributed by atoms with Crippen LogP contribution in [0.25, 0.3) is 0 Å². The van der Waals surface area contributed by atoms with Crippen molar-refractivity contribution in [2.24, 2.45) is 0 Å². The van der Waals surface area contributed by atoms with E-state index in [0.29, 0.717) is 22.0 Å². The fraction of sp³-hybridized carbons (Fsp3) is 0.467. The molecule has 1 unspecified atom stereocenters. The molecule has 1 rings (SSSR count). The summed E-state index contributed by atoms with van der Waals surface area (Å²) in [6.07, 6.45) is -1.12. The maximum absolute atomic E-state index is 12.7. The summed E-state index contributed by atoms with van der Waals surface area (Å²) in [4.78, 5) is 26.0. The van der Waals surface area contributed by atoms with E-state index in [9.17, 15) is 30.0 Å². The number of anilines is 1. The highest BCUT2D eigenvalue weighted by atomic mass is 127. The molecule has 0 fully saturated rings. The van der Waals surface area contributed by atoms with Gasteiger partial charge >= 0.3 is 0 Å². The summed E-state index contributed by atoms with van der Waals surface area (Å²) < 4.78 is 1.39. The van der Waals surface area contributed by atoms with E-state index < -0.39 is 31.1 Å². The first-order valence-corrected chi connectivity index (χ1v) is 10.9. The summed E-state index contributed by atoms with van der Waals surface area (Å²) >= 11 is 5.75. The summed E-state index contributed by atoms with van der Waals surface area (Å²) in [5.41, 5.74) is 0.921. The van der Waals surface area contributed by atoms with Crippen LogP contribution in [0, 0.1) is 10.7 Å². The van der Waals surface area contributed by atoms with Gasteiger partial charge in [-0.05, 0) is 67.8 Å². The monoisotopic (exact) mass is 720 g/mol. The fourth-order valence-corrected chi connectivity index (χ4v) is 6.77. The van der Waals surface area contributed by atoms with Gasteiger partial charge in [0, 0.05) is 25.8 Å². The zero-order valence-electron chi connectivity index (χ0n) is 14.0. The van der Waals surface area contributed by atoms with Crippen LogP contribution in [-0.2, 0) is 11.4 Å². The molecule has 0 aliphatic rings. The minimum atomic E-state index is -1.12. The average molecular weight is 720 g/mol. The van der Waals surface area contributed by atoms with Gasteiger partial charge in [0.25, 0.3) is 11.8 Å². The van der Waals surface area contributed by atoms with Crippen molar-refractivity contribution >= 4 is 85.3 Å². The first-order chi connectivity index (χ1) is 12.7. The molecule has 2 amide bonds. The van der Waals surface area contributed by atoms with Crippen LogP contribution in [0.3, 0.4) is 0 Å². The number of rotatable bonds is 9. The van der Waals surface area contributed by atoms with Crippen molar-refractivity contribution in [1.29, 1.82) is 0 Å². The van der Waals surface area contributed by atoms with Gasteiger partial charge in [-0.1, -0.05) is 0 Å². The first kappa shape index (κ1) is 25.2.